The maximum atomic E-state index is 13.7. The van der Waals surface area contributed by atoms with Gasteiger partial charge in [0.2, 0.25) is 5.91 Å². The molecule has 0 bridgehead atoms. The first-order valence-electron chi connectivity index (χ1n) is 7.04. The van der Waals surface area contributed by atoms with Crippen LogP contribution >= 0.6 is 0 Å². The summed E-state index contributed by atoms with van der Waals surface area (Å²) in [4.78, 5) is 12.0. The summed E-state index contributed by atoms with van der Waals surface area (Å²) in [5.74, 6) is -0.127. The Labute approximate surface area is 131 Å². The molecule has 23 heavy (non-hydrogen) atoms. The average Bonchev–Trinajstić information content (AvgIpc) is 2.97. The minimum atomic E-state index is -0.391. The van der Waals surface area contributed by atoms with Crippen molar-refractivity contribution in [3.63, 3.8) is 0 Å². The van der Waals surface area contributed by atoms with Crippen molar-refractivity contribution >= 4 is 16.9 Å². The van der Waals surface area contributed by atoms with Gasteiger partial charge in [-0.2, -0.15) is 0 Å². The van der Waals surface area contributed by atoms with E-state index in [4.69, 9.17) is 4.74 Å². The van der Waals surface area contributed by atoms with Gasteiger partial charge in [0, 0.05) is 12.1 Å². The highest BCUT2D eigenvalue weighted by molar-refractivity contribution is 5.79. The number of amides is 1. The summed E-state index contributed by atoms with van der Waals surface area (Å²) in [6.07, 6.45) is 0. The Kier molecular flexibility index (Phi) is 4.18. The van der Waals surface area contributed by atoms with E-state index in [0.29, 0.717) is 11.3 Å². The van der Waals surface area contributed by atoms with E-state index in [1.807, 2.05) is 24.3 Å². The monoisotopic (exact) mass is 314 g/mol. The zero-order valence-corrected chi connectivity index (χ0v) is 12.5. The van der Waals surface area contributed by atoms with Crippen molar-refractivity contribution in [2.24, 2.45) is 0 Å². The van der Waals surface area contributed by atoms with E-state index in [1.54, 1.807) is 6.07 Å². The molecular formula is C16H15FN4O2. The van der Waals surface area contributed by atoms with Crippen LogP contribution in [0.15, 0.2) is 42.5 Å². The SMILES string of the molecule is COc1ccc(F)c(CNC(=O)Cn2nnc3ccccc32)c1. The maximum absolute atomic E-state index is 13.7. The second kappa shape index (κ2) is 6.43. The summed E-state index contributed by atoms with van der Waals surface area (Å²) in [5.41, 5.74) is 1.86. The lowest BCUT2D eigenvalue weighted by molar-refractivity contribution is -0.122. The first kappa shape index (κ1) is 15.0. The fraction of sp³-hybridized carbons (Fsp3) is 0.188. The molecule has 0 aliphatic heterocycles. The number of nitrogens with zero attached hydrogens (tertiary/aromatic N) is 3. The molecule has 3 rings (SSSR count). The summed E-state index contributed by atoms with van der Waals surface area (Å²) in [6.45, 7) is 0.0978. The second-order valence-electron chi connectivity index (χ2n) is 4.97. The predicted octanol–water partition coefficient (Wildman–Crippen LogP) is 1.90. The third-order valence-electron chi connectivity index (χ3n) is 3.44. The molecule has 0 radical (unpaired) electrons. The van der Waals surface area contributed by atoms with Gasteiger partial charge in [-0.1, -0.05) is 17.3 Å². The van der Waals surface area contributed by atoms with E-state index in [2.05, 4.69) is 15.6 Å². The van der Waals surface area contributed by atoms with E-state index in [1.165, 1.54) is 23.9 Å². The highest BCUT2D eigenvalue weighted by Crippen LogP contribution is 2.16. The second-order valence-corrected chi connectivity index (χ2v) is 4.97. The molecule has 118 valence electrons. The van der Waals surface area contributed by atoms with Crippen molar-refractivity contribution in [2.75, 3.05) is 7.11 Å². The molecule has 0 spiro atoms. The van der Waals surface area contributed by atoms with E-state index in [0.717, 1.165) is 11.0 Å². The van der Waals surface area contributed by atoms with Crippen LogP contribution in [0, 0.1) is 5.82 Å². The number of para-hydroxylation sites is 1. The zero-order valence-electron chi connectivity index (χ0n) is 12.5. The van der Waals surface area contributed by atoms with Crippen LogP contribution in [-0.4, -0.2) is 28.0 Å². The van der Waals surface area contributed by atoms with Gasteiger partial charge < -0.3 is 10.1 Å². The largest absolute Gasteiger partial charge is 0.497 e. The number of fused-ring (bicyclic) bond motifs is 1. The van der Waals surface area contributed by atoms with E-state index in [-0.39, 0.29) is 19.0 Å². The number of hydrogen-bond donors (Lipinski definition) is 1. The number of benzene rings is 2. The molecule has 1 aromatic heterocycles. The minimum Gasteiger partial charge on any atom is -0.497 e. The predicted molar refractivity (Wildman–Crippen MR) is 82.3 cm³/mol. The van der Waals surface area contributed by atoms with Crippen molar-refractivity contribution in [1.82, 2.24) is 20.3 Å². The van der Waals surface area contributed by atoms with E-state index in [9.17, 15) is 9.18 Å². The number of rotatable bonds is 5. The van der Waals surface area contributed by atoms with Gasteiger partial charge in [-0.3, -0.25) is 4.79 Å². The Morgan fingerprint density at radius 2 is 2.13 bits per heavy atom. The van der Waals surface area contributed by atoms with Gasteiger partial charge in [0.15, 0.2) is 0 Å². The van der Waals surface area contributed by atoms with Crippen LogP contribution in [-0.2, 0) is 17.9 Å². The van der Waals surface area contributed by atoms with Gasteiger partial charge in [0.05, 0.1) is 12.6 Å². The molecule has 1 heterocycles. The van der Waals surface area contributed by atoms with Crippen LogP contribution in [0.25, 0.3) is 11.0 Å². The van der Waals surface area contributed by atoms with Crippen LogP contribution in [0.4, 0.5) is 4.39 Å². The lowest BCUT2D eigenvalue weighted by Gasteiger charge is -2.08. The molecule has 0 saturated heterocycles. The first-order valence-corrected chi connectivity index (χ1v) is 7.04. The van der Waals surface area contributed by atoms with Gasteiger partial charge in [-0.05, 0) is 30.3 Å². The summed E-state index contributed by atoms with van der Waals surface area (Å²) >= 11 is 0. The molecule has 3 aromatic rings. The van der Waals surface area contributed by atoms with Gasteiger partial charge in [0.1, 0.15) is 23.6 Å². The molecule has 1 amide bonds. The summed E-state index contributed by atoms with van der Waals surface area (Å²) < 4.78 is 20.3. The number of methoxy groups -OCH3 is 1. The van der Waals surface area contributed by atoms with Crippen molar-refractivity contribution in [3.05, 3.63) is 53.8 Å². The Morgan fingerprint density at radius 3 is 2.96 bits per heavy atom. The molecule has 0 aliphatic carbocycles. The summed E-state index contributed by atoms with van der Waals surface area (Å²) in [6, 6.07) is 11.8. The van der Waals surface area contributed by atoms with Crippen LogP contribution < -0.4 is 10.1 Å². The average molecular weight is 314 g/mol. The number of ether oxygens (including phenoxy) is 1. The standard InChI is InChI=1S/C16H15FN4O2/c1-23-12-6-7-13(17)11(8-12)9-18-16(22)10-21-15-5-3-2-4-14(15)19-20-21/h2-8H,9-10H2,1H3,(H,18,22). The summed E-state index contributed by atoms with van der Waals surface area (Å²) in [5, 5.41) is 10.6. The normalized spacial score (nSPS) is 10.7. The van der Waals surface area contributed by atoms with Crippen LogP contribution in [0.3, 0.4) is 0 Å². The van der Waals surface area contributed by atoms with Gasteiger partial charge in [-0.15, -0.1) is 5.10 Å². The van der Waals surface area contributed by atoms with Gasteiger partial charge in [-0.25, -0.2) is 9.07 Å². The molecule has 7 heteroatoms. The Bertz CT molecular complexity index is 847. The molecule has 2 aromatic carbocycles. The van der Waals surface area contributed by atoms with Gasteiger partial charge >= 0.3 is 0 Å². The number of carbonyl (C=O) groups excluding carboxylic acids is 1. The fourth-order valence-corrected chi connectivity index (χ4v) is 2.23. The molecule has 0 unspecified atom stereocenters. The number of aromatic nitrogens is 3. The Morgan fingerprint density at radius 1 is 1.30 bits per heavy atom. The van der Waals surface area contributed by atoms with E-state index >= 15 is 0 Å². The Hall–Kier alpha value is -2.96. The third-order valence-corrected chi connectivity index (χ3v) is 3.44. The van der Waals surface area contributed by atoms with Crippen molar-refractivity contribution in [3.8, 4) is 5.75 Å². The Balaban J connectivity index is 1.66. The quantitative estimate of drug-likeness (QED) is 0.781. The number of hydrogen-bond acceptors (Lipinski definition) is 4. The molecule has 6 nitrogen and oxygen atoms in total. The molecule has 0 fully saturated rings. The number of carbonyl (C=O) groups is 1. The smallest absolute Gasteiger partial charge is 0.242 e. The van der Waals surface area contributed by atoms with Gasteiger partial charge in [0.25, 0.3) is 0 Å². The number of nitrogens with one attached hydrogen (secondary N) is 1. The van der Waals surface area contributed by atoms with E-state index < -0.39 is 5.82 Å². The maximum Gasteiger partial charge on any atom is 0.242 e. The van der Waals surface area contributed by atoms with Crippen LogP contribution in [0.2, 0.25) is 0 Å². The molecule has 0 atom stereocenters. The summed E-state index contributed by atoms with van der Waals surface area (Å²) in [7, 11) is 1.51. The van der Waals surface area contributed by atoms with Crippen molar-refractivity contribution in [2.45, 2.75) is 13.1 Å². The highest BCUT2D eigenvalue weighted by Gasteiger charge is 2.10. The molecule has 1 N–H and O–H groups in total. The topological polar surface area (TPSA) is 69.0 Å². The third kappa shape index (κ3) is 3.28. The highest BCUT2D eigenvalue weighted by atomic mass is 19.1. The zero-order chi connectivity index (χ0) is 16.2. The lowest BCUT2D eigenvalue weighted by Crippen LogP contribution is -2.27. The lowest BCUT2D eigenvalue weighted by atomic mass is 10.2. The molecular weight excluding hydrogens is 299 g/mol. The molecule has 0 aliphatic rings. The van der Waals surface area contributed by atoms with Crippen molar-refractivity contribution in [1.29, 1.82) is 0 Å². The van der Waals surface area contributed by atoms with Crippen molar-refractivity contribution < 1.29 is 13.9 Å². The minimum absolute atomic E-state index is 0.0199. The fourth-order valence-electron chi connectivity index (χ4n) is 2.23. The number of halogens is 1. The first-order chi connectivity index (χ1) is 11.2. The van der Waals surface area contributed by atoms with Crippen LogP contribution in [0.1, 0.15) is 5.56 Å². The van der Waals surface area contributed by atoms with Crippen LogP contribution in [0.5, 0.6) is 5.75 Å². The molecule has 0 saturated carbocycles.